The molecule has 1 amide bonds. The first-order valence-electron chi connectivity index (χ1n) is 6.08. The molecule has 0 aromatic heterocycles. The van der Waals surface area contributed by atoms with Crippen molar-refractivity contribution in [2.75, 3.05) is 11.1 Å². The maximum absolute atomic E-state index is 13.0. The van der Waals surface area contributed by atoms with Gasteiger partial charge in [-0.1, -0.05) is 23.7 Å². The van der Waals surface area contributed by atoms with Gasteiger partial charge in [0, 0.05) is 11.4 Å². The Kier molecular flexibility index (Phi) is 4.25. The van der Waals surface area contributed by atoms with Crippen molar-refractivity contribution in [3.63, 3.8) is 0 Å². The van der Waals surface area contributed by atoms with E-state index in [1.165, 1.54) is 18.2 Å². The van der Waals surface area contributed by atoms with Gasteiger partial charge in [-0.3, -0.25) is 4.79 Å². The van der Waals surface area contributed by atoms with Gasteiger partial charge >= 0.3 is 0 Å². The fourth-order valence-electron chi connectivity index (χ4n) is 1.80. The summed E-state index contributed by atoms with van der Waals surface area (Å²) in [6.07, 6.45) is 0. The van der Waals surface area contributed by atoms with Crippen LogP contribution in [-0.4, -0.2) is 5.91 Å². The van der Waals surface area contributed by atoms with Crippen LogP contribution in [0.5, 0.6) is 0 Å². The Bertz CT molecular complexity index is 646. The molecule has 5 heteroatoms. The molecule has 0 spiro atoms. The molecule has 0 bridgehead atoms. The first kappa shape index (κ1) is 14.3. The molecule has 3 nitrogen and oxygen atoms in total. The van der Waals surface area contributed by atoms with Gasteiger partial charge in [-0.05, 0) is 42.8 Å². The summed E-state index contributed by atoms with van der Waals surface area (Å²) >= 11 is 5.67. The van der Waals surface area contributed by atoms with Crippen molar-refractivity contribution >= 4 is 28.9 Å². The molecule has 0 radical (unpaired) electrons. The molecule has 0 saturated carbocycles. The first-order chi connectivity index (χ1) is 9.47. The van der Waals surface area contributed by atoms with Gasteiger partial charge in [-0.2, -0.15) is 0 Å². The molecule has 0 aliphatic rings. The predicted molar refractivity (Wildman–Crippen MR) is 79.3 cm³/mol. The minimum Gasteiger partial charge on any atom is -0.399 e. The second-order valence-corrected chi connectivity index (χ2v) is 4.92. The predicted octanol–water partition coefficient (Wildman–Crippen LogP) is 3.80. The van der Waals surface area contributed by atoms with Crippen LogP contribution in [0.1, 0.15) is 18.4 Å². The number of hydrogen-bond acceptors (Lipinski definition) is 2. The smallest absolute Gasteiger partial charge is 0.231 e. The number of halogens is 2. The van der Waals surface area contributed by atoms with Gasteiger partial charge < -0.3 is 11.1 Å². The molecule has 2 aromatic carbocycles. The van der Waals surface area contributed by atoms with Crippen molar-refractivity contribution in [2.45, 2.75) is 12.8 Å². The van der Waals surface area contributed by atoms with E-state index in [0.717, 1.165) is 5.56 Å². The van der Waals surface area contributed by atoms with E-state index in [1.54, 1.807) is 25.1 Å². The maximum atomic E-state index is 13.0. The number of nitrogens with one attached hydrogen (secondary N) is 1. The SMILES string of the molecule is CC(C(=O)Nc1ccc(F)c(Cl)c1)c1cccc(N)c1. The highest BCUT2D eigenvalue weighted by atomic mass is 35.5. The number of nitrogen functional groups attached to an aromatic ring is 1. The van der Waals surface area contributed by atoms with E-state index in [2.05, 4.69) is 5.32 Å². The van der Waals surface area contributed by atoms with Crippen LogP contribution >= 0.6 is 11.6 Å². The van der Waals surface area contributed by atoms with Crippen LogP contribution in [0, 0.1) is 5.82 Å². The lowest BCUT2D eigenvalue weighted by Gasteiger charge is -2.13. The summed E-state index contributed by atoms with van der Waals surface area (Å²) in [5.41, 5.74) is 7.57. The summed E-state index contributed by atoms with van der Waals surface area (Å²) in [4.78, 5) is 12.1. The molecular weight excluding hydrogens is 279 g/mol. The fourth-order valence-corrected chi connectivity index (χ4v) is 1.98. The summed E-state index contributed by atoms with van der Waals surface area (Å²) in [6.45, 7) is 1.77. The number of benzene rings is 2. The molecule has 0 fully saturated rings. The standard InChI is InChI=1S/C15H14ClFN2O/c1-9(10-3-2-4-11(18)7-10)15(20)19-12-5-6-14(17)13(16)8-12/h2-9H,18H2,1H3,(H,19,20). The normalized spacial score (nSPS) is 11.9. The van der Waals surface area contributed by atoms with Crippen molar-refractivity contribution in [3.8, 4) is 0 Å². The molecule has 0 saturated heterocycles. The number of carbonyl (C=O) groups excluding carboxylic acids is 1. The quantitative estimate of drug-likeness (QED) is 0.845. The average Bonchev–Trinajstić information content (AvgIpc) is 2.42. The van der Waals surface area contributed by atoms with Crippen molar-refractivity contribution in [3.05, 3.63) is 58.9 Å². The van der Waals surface area contributed by atoms with Gasteiger partial charge in [0.2, 0.25) is 5.91 Å². The second-order valence-electron chi connectivity index (χ2n) is 4.51. The van der Waals surface area contributed by atoms with Gasteiger partial charge in [0.25, 0.3) is 0 Å². The Morgan fingerprint density at radius 1 is 1.30 bits per heavy atom. The van der Waals surface area contributed by atoms with E-state index in [1.807, 2.05) is 6.07 Å². The van der Waals surface area contributed by atoms with Crippen LogP contribution in [0.25, 0.3) is 0 Å². The number of anilines is 2. The van der Waals surface area contributed by atoms with Crippen LogP contribution in [0.3, 0.4) is 0 Å². The number of nitrogens with two attached hydrogens (primary N) is 1. The van der Waals surface area contributed by atoms with Crippen molar-refractivity contribution < 1.29 is 9.18 Å². The summed E-state index contributed by atoms with van der Waals surface area (Å²) in [7, 11) is 0. The number of rotatable bonds is 3. The van der Waals surface area contributed by atoms with Crippen molar-refractivity contribution in [2.24, 2.45) is 0 Å². The van der Waals surface area contributed by atoms with Crippen LogP contribution < -0.4 is 11.1 Å². The summed E-state index contributed by atoms with van der Waals surface area (Å²) < 4.78 is 13.0. The van der Waals surface area contributed by atoms with Crippen LogP contribution in [0.2, 0.25) is 5.02 Å². The minimum atomic E-state index is -0.520. The fraction of sp³-hybridized carbons (Fsp3) is 0.133. The van der Waals surface area contributed by atoms with Crippen LogP contribution in [0.4, 0.5) is 15.8 Å². The van der Waals surface area contributed by atoms with E-state index in [9.17, 15) is 9.18 Å². The monoisotopic (exact) mass is 292 g/mol. The van der Waals surface area contributed by atoms with E-state index in [4.69, 9.17) is 17.3 Å². The zero-order valence-electron chi connectivity index (χ0n) is 10.9. The van der Waals surface area contributed by atoms with E-state index in [0.29, 0.717) is 11.4 Å². The van der Waals surface area contributed by atoms with E-state index >= 15 is 0 Å². The summed E-state index contributed by atoms with van der Waals surface area (Å²) in [5.74, 6) is -1.10. The Labute approximate surface area is 121 Å². The van der Waals surface area contributed by atoms with Gasteiger partial charge in [-0.25, -0.2) is 4.39 Å². The molecule has 1 atom stereocenters. The second kappa shape index (κ2) is 5.92. The lowest BCUT2D eigenvalue weighted by molar-refractivity contribution is -0.117. The highest BCUT2D eigenvalue weighted by Gasteiger charge is 2.16. The summed E-state index contributed by atoms with van der Waals surface area (Å²) in [5, 5.41) is 2.67. The Hall–Kier alpha value is -2.07. The molecule has 104 valence electrons. The Morgan fingerprint density at radius 2 is 2.05 bits per heavy atom. The topological polar surface area (TPSA) is 55.1 Å². The van der Waals surface area contributed by atoms with Gasteiger partial charge in [0.05, 0.1) is 10.9 Å². The highest BCUT2D eigenvalue weighted by Crippen LogP contribution is 2.22. The third-order valence-corrected chi connectivity index (χ3v) is 3.28. The van der Waals surface area contributed by atoms with Gasteiger partial charge in [0.15, 0.2) is 0 Å². The molecule has 2 aromatic rings. The third kappa shape index (κ3) is 3.27. The first-order valence-corrected chi connectivity index (χ1v) is 6.46. The molecule has 20 heavy (non-hydrogen) atoms. The lowest BCUT2D eigenvalue weighted by atomic mass is 10.00. The number of amides is 1. The number of hydrogen-bond donors (Lipinski definition) is 2. The average molecular weight is 293 g/mol. The molecular formula is C15H14ClFN2O. The van der Waals surface area contributed by atoms with Crippen molar-refractivity contribution in [1.82, 2.24) is 0 Å². The van der Waals surface area contributed by atoms with Crippen LogP contribution in [-0.2, 0) is 4.79 Å². The van der Waals surface area contributed by atoms with Gasteiger partial charge in [0.1, 0.15) is 5.82 Å². The minimum absolute atomic E-state index is 0.0283. The highest BCUT2D eigenvalue weighted by molar-refractivity contribution is 6.31. The van der Waals surface area contributed by atoms with Gasteiger partial charge in [-0.15, -0.1) is 0 Å². The van der Waals surface area contributed by atoms with E-state index < -0.39 is 5.82 Å². The molecule has 0 heterocycles. The van der Waals surface area contributed by atoms with Crippen LogP contribution in [0.15, 0.2) is 42.5 Å². The molecule has 1 unspecified atom stereocenters. The molecule has 0 aliphatic carbocycles. The Balaban J connectivity index is 2.13. The molecule has 0 aliphatic heterocycles. The lowest BCUT2D eigenvalue weighted by Crippen LogP contribution is -2.19. The molecule has 2 rings (SSSR count). The zero-order chi connectivity index (χ0) is 14.7. The van der Waals surface area contributed by atoms with Crippen molar-refractivity contribution in [1.29, 1.82) is 0 Å². The van der Waals surface area contributed by atoms with E-state index in [-0.39, 0.29) is 16.8 Å². The largest absolute Gasteiger partial charge is 0.399 e. The Morgan fingerprint density at radius 3 is 2.70 bits per heavy atom. The molecule has 3 N–H and O–H groups in total. The zero-order valence-corrected chi connectivity index (χ0v) is 11.6. The summed E-state index contributed by atoms with van der Waals surface area (Å²) in [6, 6.07) is 11.2. The third-order valence-electron chi connectivity index (χ3n) is 2.99. The number of carbonyl (C=O) groups is 1. The maximum Gasteiger partial charge on any atom is 0.231 e.